The second-order valence-electron chi connectivity index (χ2n) is 7.53. The molecular weight excluding hydrogens is 442 g/mol. The molecular formula is C23H25N5O4S. The van der Waals surface area contributed by atoms with E-state index in [0.717, 1.165) is 24.3 Å². The molecule has 10 heteroatoms. The molecule has 0 bridgehead atoms. The molecule has 4 rings (SSSR count). The number of nitrogens with one attached hydrogen (secondary N) is 2. The van der Waals surface area contributed by atoms with E-state index in [1.807, 2.05) is 59.2 Å². The lowest BCUT2D eigenvalue weighted by molar-refractivity contribution is -0.119. The first kappa shape index (κ1) is 22.7. The van der Waals surface area contributed by atoms with Crippen molar-refractivity contribution in [2.45, 2.75) is 42.8 Å². The maximum absolute atomic E-state index is 12.5. The van der Waals surface area contributed by atoms with Crippen LogP contribution >= 0.6 is 11.8 Å². The Labute approximate surface area is 195 Å². The summed E-state index contributed by atoms with van der Waals surface area (Å²) >= 11 is 1.22. The van der Waals surface area contributed by atoms with Crippen LogP contribution < -0.4 is 20.1 Å². The summed E-state index contributed by atoms with van der Waals surface area (Å²) in [6.07, 6.45) is 1.90. The fourth-order valence-corrected chi connectivity index (χ4v) is 3.89. The second-order valence-corrected chi connectivity index (χ2v) is 8.84. The van der Waals surface area contributed by atoms with Gasteiger partial charge in [-0.15, -0.1) is 10.2 Å². The first-order valence-corrected chi connectivity index (χ1v) is 11.5. The van der Waals surface area contributed by atoms with E-state index in [2.05, 4.69) is 20.8 Å². The van der Waals surface area contributed by atoms with Gasteiger partial charge in [-0.3, -0.25) is 14.7 Å². The Kier molecular flexibility index (Phi) is 7.13. The van der Waals surface area contributed by atoms with Gasteiger partial charge in [-0.2, -0.15) is 0 Å². The van der Waals surface area contributed by atoms with Crippen LogP contribution in [-0.2, 0) is 11.4 Å². The number of rotatable bonds is 9. The fraction of sp³-hybridized carbons (Fsp3) is 0.304. The zero-order valence-corrected chi connectivity index (χ0v) is 19.2. The van der Waals surface area contributed by atoms with Crippen molar-refractivity contribution in [2.24, 2.45) is 0 Å². The van der Waals surface area contributed by atoms with E-state index in [9.17, 15) is 9.59 Å². The van der Waals surface area contributed by atoms with E-state index in [1.54, 1.807) is 14.0 Å². The van der Waals surface area contributed by atoms with E-state index in [-0.39, 0.29) is 12.6 Å². The Hall–Kier alpha value is -3.53. The number of imide groups is 1. The van der Waals surface area contributed by atoms with Crippen molar-refractivity contribution >= 4 is 23.7 Å². The Morgan fingerprint density at radius 1 is 1.09 bits per heavy atom. The molecule has 0 saturated heterocycles. The Bertz CT molecular complexity index is 1100. The van der Waals surface area contributed by atoms with E-state index < -0.39 is 17.2 Å². The summed E-state index contributed by atoms with van der Waals surface area (Å²) in [4.78, 5) is 24.4. The number of amides is 3. The van der Waals surface area contributed by atoms with E-state index in [4.69, 9.17) is 9.47 Å². The van der Waals surface area contributed by atoms with Gasteiger partial charge >= 0.3 is 6.03 Å². The highest BCUT2D eigenvalue weighted by atomic mass is 32.2. The van der Waals surface area contributed by atoms with Crippen molar-refractivity contribution in [1.29, 1.82) is 0 Å². The van der Waals surface area contributed by atoms with Crippen LogP contribution in [0.15, 0.2) is 59.8 Å². The van der Waals surface area contributed by atoms with Gasteiger partial charge < -0.3 is 14.8 Å². The number of para-hydroxylation sites is 1. The molecule has 172 valence electrons. The summed E-state index contributed by atoms with van der Waals surface area (Å²) in [5.74, 6) is 1.60. The standard InChI is InChI=1S/C23H25N5O4S/c1-15(21(29)25-22(30)24-16-8-9-16)33-23-27-26-20(28(23)17-6-4-3-5-7-17)14-32-19-12-10-18(31-2)11-13-19/h3-7,10-13,15-16H,8-9,14H2,1-2H3,(H2,24,25,29,30). The van der Waals surface area contributed by atoms with Crippen LogP contribution in [0.1, 0.15) is 25.6 Å². The number of carbonyl (C=O) groups excluding carboxylic acids is 2. The van der Waals surface area contributed by atoms with Gasteiger partial charge in [-0.25, -0.2) is 4.79 Å². The van der Waals surface area contributed by atoms with Gasteiger partial charge in [0.2, 0.25) is 5.91 Å². The van der Waals surface area contributed by atoms with Crippen molar-refractivity contribution in [1.82, 2.24) is 25.4 Å². The predicted octanol–water partition coefficient (Wildman–Crippen LogP) is 3.32. The summed E-state index contributed by atoms with van der Waals surface area (Å²) in [5.41, 5.74) is 0.845. The molecule has 1 aliphatic carbocycles. The minimum Gasteiger partial charge on any atom is -0.497 e. The van der Waals surface area contributed by atoms with Crippen LogP contribution in [0.4, 0.5) is 4.79 Å². The summed E-state index contributed by atoms with van der Waals surface area (Å²) in [6.45, 7) is 1.90. The zero-order valence-electron chi connectivity index (χ0n) is 18.4. The normalized spacial score (nSPS) is 13.8. The SMILES string of the molecule is COc1ccc(OCc2nnc(SC(C)C(=O)NC(=O)NC3CC3)n2-c2ccccc2)cc1. The highest BCUT2D eigenvalue weighted by molar-refractivity contribution is 8.00. The van der Waals surface area contributed by atoms with Gasteiger partial charge in [0, 0.05) is 11.7 Å². The highest BCUT2D eigenvalue weighted by Gasteiger charge is 2.26. The number of aromatic nitrogens is 3. The first-order valence-electron chi connectivity index (χ1n) is 10.6. The number of hydrogen-bond acceptors (Lipinski definition) is 7. The largest absolute Gasteiger partial charge is 0.497 e. The van der Waals surface area contributed by atoms with Crippen LogP contribution in [0.5, 0.6) is 11.5 Å². The maximum atomic E-state index is 12.5. The number of methoxy groups -OCH3 is 1. The third-order valence-corrected chi connectivity index (χ3v) is 5.99. The van der Waals surface area contributed by atoms with Crippen LogP contribution in [0.3, 0.4) is 0 Å². The third kappa shape index (κ3) is 6.04. The van der Waals surface area contributed by atoms with Crippen molar-refractivity contribution in [3.05, 3.63) is 60.4 Å². The van der Waals surface area contributed by atoms with Gasteiger partial charge in [0.25, 0.3) is 0 Å². The number of nitrogens with zero attached hydrogens (tertiary/aromatic N) is 3. The zero-order chi connectivity index (χ0) is 23.2. The molecule has 1 fully saturated rings. The molecule has 0 spiro atoms. The average molecular weight is 468 g/mol. The third-order valence-electron chi connectivity index (χ3n) is 4.94. The minimum atomic E-state index is -0.558. The van der Waals surface area contributed by atoms with E-state index in [1.165, 1.54) is 11.8 Å². The molecule has 1 aliphatic rings. The van der Waals surface area contributed by atoms with Crippen molar-refractivity contribution < 1.29 is 19.1 Å². The summed E-state index contributed by atoms with van der Waals surface area (Å²) in [5, 5.41) is 13.7. The monoisotopic (exact) mass is 467 g/mol. The lowest BCUT2D eigenvalue weighted by atomic mass is 10.3. The summed E-state index contributed by atoms with van der Waals surface area (Å²) in [7, 11) is 1.61. The van der Waals surface area contributed by atoms with E-state index in [0.29, 0.717) is 16.7 Å². The van der Waals surface area contributed by atoms with E-state index >= 15 is 0 Å². The average Bonchev–Trinajstić information content (AvgIpc) is 3.55. The lowest BCUT2D eigenvalue weighted by Crippen LogP contribution is -2.43. The van der Waals surface area contributed by atoms with Gasteiger partial charge in [0.15, 0.2) is 11.0 Å². The second kappa shape index (κ2) is 10.4. The molecule has 2 N–H and O–H groups in total. The van der Waals surface area contributed by atoms with Crippen molar-refractivity contribution in [3.8, 4) is 17.2 Å². The molecule has 3 aromatic rings. The molecule has 0 radical (unpaired) electrons. The molecule has 1 heterocycles. The fourth-order valence-electron chi connectivity index (χ4n) is 3.00. The van der Waals surface area contributed by atoms with Gasteiger partial charge in [0.1, 0.15) is 18.1 Å². The summed E-state index contributed by atoms with van der Waals surface area (Å²) < 4.78 is 12.9. The Balaban J connectivity index is 1.48. The predicted molar refractivity (Wildman–Crippen MR) is 124 cm³/mol. The Morgan fingerprint density at radius 3 is 2.45 bits per heavy atom. The number of benzene rings is 2. The quantitative estimate of drug-likeness (QED) is 0.465. The molecule has 1 unspecified atom stereocenters. The molecule has 1 aromatic heterocycles. The number of thioether (sulfide) groups is 1. The van der Waals surface area contributed by atoms with Gasteiger partial charge in [-0.05, 0) is 56.2 Å². The van der Waals surface area contributed by atoms with Crippen LogP contribution in [0, 0.1) is 0 Å². The Morgan fingerprint density at radius 2 is 1.79 bits per heavy atom. The van der Waals surface area contributed by atoms with Crippen LogP contribution in [-0.4, -0.2) is 45.1 Å². The molecule has 1 saturated carbocycles. The topological polar surface area (TPSA) is 107 Å². The number of ether oxygens (including phenoxy) is 2. The maximum Gasteiger partial charge on any atom is 0.321 e. The first-order chi connectivity index (χ1) is 16.0. The molecule has 33 heavy (non-hydrogen) atoms. The molecule has 3 amide bonds. The smallest absolute Gasteiger partial charge is 0.321 e. The summed E-state index contributed by atoms with van der Waals surface area (Å²) in [6, 6.07) is 16.6. The van der Waals surface area contributed by atoms with Crippen molar-refractivity contribution in [3.63, 3.8) is 0 Å². The van der Waals surface area contributed by atoms with Crippen LogP contribution in [0.2, 0.25) is 0 Å². The van der Waals surface area contributed by atoms with Crippen molar-refractivity contribution in [2.75, 3.05) is 7.11 Å². The molecule has 2 aromatic carbocycles. The molecule has 0 aliphatic heterocycles. The molecule has 9 nitrogen and oxygen atoms in total. The highest BCUT2D eigenvalue weighted by Crippen LogP contribution is 2.27. The lowest BCUT2D eigenvalue weighted by Gasteiger charge is -2.14. The van der Waals surface area contributed by atoms with Gasteiger partial charge in [-0.1, -0.05) is 30.0 Å². The number of carbonyl (C=O) groups is 2. The number of hydrogen-bond donors (Lipinski definition) is 2. The van der Waals surface area contributed by atoms with Gasteiger partial charge in [0.05, 0.1) is 12.4 Å². The molecule has 1 atom stereocenters. The number of urea groups is 1. The minimum absolute atomic E-state index is 0.176. The van der Waals surface area contributed by atoms with Crippen LogP contribution in [0.25, 0.3) is 5.69 Å².